The third kappa shape index (κ3) is 5.05. The number of aliphatic hydroxyl groups is 1. The molecule has 0 heterocycles. The number of hydrogen-bond donors (Lipinski definition) is 2. The Labute approximate surface area is 124 Å². The standard InChI is InChI=1S/C12H17N.CH4O.Y/c13-12-8-4-7-11(9-12)10-5-2-1-3-6-10;1-2;/h1-3,5-6,11-12H,4,7-9,13H2;2H,1H3;. The fourth-order valence-electron chi connectivity index (χ4n) is 2.26. The van der Waals surface area contributed by atoms with Gasteiger partial charge in [0.15, 0.2) is 0 Å². The molecule has 3 N–H and O–H groups in total. The maximum Gasteiger partial charge on any atom is 0.0319 e. The molecule has 0 spiro atoms. The van der Waals surface area contributed by atoms with Crippen LogP contribution < -0.4 is 5.73 Å². The van der Waals surface area contributed by atoms with Crippen LogP contribution in [0, 0.1) is 0 Å². The van der Waals surface area contributed by atoms with E-state index < -0.39 is 0 Å². The van der Waals surface area contributed by atoms with Crippen LogP contribution in [0.1, 0.15) is 37.2 Å². The fourth-order valence-corrected chi connectivity index (χ4v) is 2.26. The molecule has 0 aromatic heterocycles. The minimum Gasteiger partial charge on any atom is -0.400 e. The van der Waals surface area contributed by atoms with Crippen LogP contribution >= 0.6 is 0 Å². The van der Waals surface area contributed by atoms with Gasteiger partial charge in [-0.1, -0.05) is 36.8 Å². The summed E-state index contributed by atoms with van der Waals surface area (Å²) in [7, 11) is 1.00. The fraction of sp³-hybridized carbons (Fsp3) is 0.538. The largest absolute Gasteiger partial charge is 0.400 e. The second-order valence-electron chi connectivity index (χ2n) is 4.03. The first kappa shape index (κ1) is 16.2. The molecule has 2 atom stereocenters. The first-order valence-corrected chi connectivity index (χ1v) is 5.61. The van der Waals surface area contributed by atoms with Gasteiger partial charge in [0.25, 0.3) is 0 Å². The Kier molecular flexibility index (Phi) is 9.43. The van der Waals surface area contributed by atoms with E-state index in [0.29, 0.717) is 12.0 Å². The van der Waals surface area contributed by atoms with Gasteiger partial charge in [0.05, 0.1) is 0 Å². The molecule has 0 aliphatic heterocycles. The summed E-state index contributed by atoms with van der Waals surface area (Å²) in [6.45, 7) is 0. The van der Waals surface area contributed by atoms with Gasteiger partial charge in [0.1, 0.15) is 0 Å². The number of hydrogen-bond acceptors (Lipinski definition) is 2. The minimum absolute atomic E-state index is 0. The molecule has 1 aromatic carbocycles. The van der Waals surface area contributed by atoms with Crippen molar-refractivity contribution in [2.24, 2.45) is 5.73 Å². The second-order valence-corrected chi connectivity index (χ2v) is 4.03. The van der Waals surface area contributed by atoms with E-state index >= 15 is 0 Å². The summed E-state index contributed by atoms with van der Waals surface area (Å²) >= 11 is 0. The van der Waals surface area contributed by atoms with Crippen molar-refractivity contribution in [2.75, 3.05) is 7.11 Å². The van der Waals surface area contributed by atoms with Gasteiger partial charge in [-0.25, -0.2) is 0 Å². The SMILES string of the molecule is CO.NC1CCCC(c2ccccc2)C1.[Y]. The van der Waals surface area contributed by atoms with Crippen molar-refractivity contribution in [3.8, 4) is 0 Å². The summed E-state index contributed by atoms with van der Waals surface area (Å²) in [4.78, 5) is 0. The monoisotopic (exact) mass is 296 g/mol. The van der Waals surface area contributed by atoms with Crippen LogP contribution in [0.15, 0.2) is 30.3 Å². The Morgan fingerprint density at radius 2 is 1.75 bits per heavy atom. The van der Waals surface area contributed by atoms with Crippen LogP contribution in [0.2, 0.25) is 0 Å². The number of benzene rings is 1. The van der Waals surface area contributed by atoms with Crippen LogP contribution in [-0.2, 0) is 32.7 Å². The molecule has 1 saturated carbocycles. The van der Waals surface area contributed by atoms with Crippen molar-refractivity contribution in [3.05, 3.63) is 35.9 Å². The second kappa shape index (κ2) is 9.29. The van der Waals surface area contributed by atoms with Crippen molar-refractivity contribution in [2.45, 2.75) is 37.6 Å². The summed E-state index contributed by atoms with van der Waals surface area (Å²) in [5.41, 5.74) is 7.43. The van der Waals surface area contributed by atoms with Crippen molar-refractivity contribution in [3.63, 3.8) is 0 Å². The molecule has 1 aromatic rings. The van der Waals surface area contributed by atoms with E-state index in [2.05, 4.69) is 30.3 Å². The zero-order valence-corrected chi connectivity index (χ0v) is 12.8. The molecule has 0 bridgehead atoms. The van der Waals surface area contributed by atoms with E-state index in [0.717, 1.165) is 7.11 Å². The van der Waals surface area contributed by atoms with Gasteiger partial charge >= 0.3 is 0 Å². The average molecular weight is 296 g/mol. The summed E-state index contributed by atoms with van der Waals surface area (Å²) < 4.78 is 0. The molecule has 2 nitrogen and oxygen atoms in total. The predicted octanol–water partition coefficient (Wildman–Crippen LogP) is 2.28. The zero-order chi connectivity index (χ0) is 11.1. The van der Waals surface area contributed by atoms with Crippen LogP contribution in [0.3, 0.4) is 0 Å². The molecule has 0 saturated heterocycles. The van der Waals surface area contributed by atoms with Gasteiger partial charge in [-0.2, -0.15) is 0 Å². The Bertz CT molecular complexity index is 266. The molecule has 87 valence electrons. The molecule has 3 heteroatoms. The van der Waals surface area contributed by atoms with Crippen molar-refractivity contribution < 1.29 is 37.8 Å². The van der Waals surface area contributed by atoms with Crippen LogP contribution in [0.5, 0.6) is 0 Å². The average Bonchev–Trinajstić information content (AvgIpc) is 2.33. The molecule has 1 aliphatic carbocycles. The maximum absolute atomic E-state index is 7.00. The third-order valence-electron chi connectivity index (χ3n) is 2.99. The molecular weight excluding hydrogens is 275 g/mol. The third-order valence-corrected chi connectivity index (χ3v) is 2.99. The number of aliphatic hydroxyl groups excluding tert-OH is 1. The molecule has 1 radical (unpaired) electrons. The van der Waals surface area contributed by atoms with E-state index in [1.165, 1.54) is 31.2 Å². The van der Waals surface area contributed by atoms with Crippen LogP contribution in [-0.4, -0.2) is 18.3 Å². The molecule has 2 unspecified atom stereocenters. The normalized spacial score (nSPS) is 23.7. The Morgan fingerprint density at radius 1 is 1.12 bits per heavy atom. The van der Waals surface area contributed by atoms with E-state index in [4.69, 9.17) is 10.8 Å². The van der Waals surface area contributed by atoms with E-state index in [-0.39, 0.29) is 32.7 Å². The van der Waals surface area contributed by atoms with Crippen molar-refractivity contribution in [1.29, 1.82) is 0 Å². The molecule has 2 rings (SSSR count). The quantitative estimate of drug-likeness (QED) is 0.835. The minimum atomic E-state index is 0. The summed E-state index contributed by atoms with van der Waals surface area (Å²) in [6, 6.07) is 11.2. The van der Waals surface area contributed by atoms with Gasteiger partial charge in [0, 0.05) is 45.9 Å². The smallest absolute Gasteiger partial charge is 0.0319 e. The van der Waals surface area contributed by atoms with E-state index in [9.17, 15) is 0 Å². The van der Waals surface area contributed by atoms with Crippen molar-refractivity contribution >= 4 is 0 Å². The van der Waals surface area contributed by atoms with E-state index in [1.54, 1.807) is 0 Å². The molecule has 16 heavy (non-hydrogen) atoms. The Morgan fingerprint density at radius 3 is 2.31 bits per heavy atom. The predicted molar refractivity (Wildman–Crippen MR) is 63.8 cm³/mol. The zero-order valence-electron chi connectivity index (χ0n) is 9.97. The van der Waals surface area contributed by atoms with Gasteiger partial charge in [-0.15, -0.1) is 0 Å². The summed E-state index contributed by atoms with van der Waals surface area (Å²) in [5.74, 6) is 0.713. The first-order chi connectivity index (χ1) is 7.36. The molecular formula is C13H21NOY. The first-order valence-electron chi connectivity index (χ1n) is 5.61. The number of rotatable bonds is 1. The van der Waals surface area contributed by atoms with E-state index in [1.807, 2.05) is 0 Å². The Balaban J connectivity index is 0.000000711. The molecule has 1 fully saturated rings. The topological polar surface area (TPSA) is 46.2 Å². The van der Waals surface area contributed by atoms with Gasteiger partial charge in [-0.05, 0) is 30.7 Å². The van der Waals surface area contributed by atoms with Gasteiger partial charge < -0.3 is 10.8 Å². The molecule has 1 aliphatic rings. The summed E-state index contributed by atoms with van der Waals surface area (Å²) in [6.07, 6.45) is 4.99. The number of nitrogens with two attached hydrogens (primary N) is 1. The van der Waals surface area contributed by atoms with Crippen LogP contribution in [0.4, 0.5) is 0 Å². The van der Waals surface area contributed by atoms with Gasteiger partial charge in [-0.3, -0.25) is 0 Å². The van der Waals surface area contributed by atoms with Crippen LogP contribution in [0.25, 0.3) is 0 Å². The Hall–Kier alpha value is 0.244. The van der Waals surface area contributed by atoms with Crippen molar-refractivity contribution in [1.82, 2.24) is 0 Å². The molecule has 0 amide bonds. The summed E-state index contributed by atoms with van der Waals surface area (Å²) in [5, 5.41) is 7.00. The maximum atomic E-state index is 7.00. The van der Waals surface area contributed by atoms with Gasteiger partial charge in [0.2, 0.25) is 0 Å².